The second-order valence-electron chi connectivity index (χ2n) is 5.86. The van der Waals surface area contributed by atoms with Gasteiger partial charge in [-0.05, 0) is 30.2 Å². The number of carbonyl (C=O) groups excluding carboxylic acids is 1. The highest BCUT2D eigenvalue weighted by atomic mass is 16.1. The number of para-hydroxylation sites is 1. The van der Waals surface area contributed by atoms with E-state index in [1.54, 1.807) is 6.92 Å². The number of carbonyl (C=O) groups is 1. The lowest BCUT2D eigenvalue weighted by atomic mass is 9.88. The lowest BCUT2D eigenvalue weighted by Gasteiger charge is -2.36. The van der Waals surface area contributed by atoms with Crippen LogP contribution in [0.3, 0.4) is 0 Å². The van der Waals surface area contributed by atoms with Crippen molar-refractivity contribution in [1.29, 1.82) is 0 Å². The third-order valence-electron chi connectivity index (χ3n) is 4.29. The van der Waals surface area contributed by atoms with Crippen LogP contribution < -0.4 is 4.90 Å². The molecule has 22 heavy (non-hydrogen) atoms. The van der Waals surface area contributed by atoms with Crippen molar-refractivity contribution >= 4 is 17.2 Å². The molecule has 0 N–H and O–H groups in total. The van der Waals surface area contributed by atoms with E-state index in [2.05, 4.69) is 65.6 Å². The molecule has 0 spiro atoms. The van der Waals surface area contributed by atoms with E-state index in [-0.39, 0.29) is 5.78 Å². The largest absolute Gasteiger partial charge is 0.337 e. The van der Waals surface area contributed by atoms with Crippen molar-refractivity contribution in [2.75, 3.05) is 11.4 Å². The van der Waals surface area contributed by atoms with Crippen LogP contribution in [0.2, 0.25) is 0 Å². The Morgan fingerprint density at radius 1 is 1.00 bits per heavy atom. The van der Waals surface area contributed by atoms with Gasteiger partial charge in [-0.15, -0.1) is 0 Å². The molecule has 2 aromatic carbocycles. The Morgan fingerprint density at radius 3 is 2.45 bits per heavy atom. The minimum absolute atomic E-state index is 0.209. The summed E-state index contributed by atoms with van der Waals surface area (Å²) in [6, 6.07) is 17.0. The van der Waals surface area contributed by atoms with Crippen molar-refractivity contribution < 1.29 is 4.79 Å². The number of allylic oxidation sites excluding steroid dienone is 2. The van der Waals surface area contributed by atoms with E-state index in [0.717, 1.165) is 12.1 Å². The lowest BCUT2D eigenvalue weighted by molar-refractivity contribution is -0.116. The maximum Gasteiger partial charge on any atom is 0.134 e. The smallest absolute Gasteiger partial charge is 0.134 e. The Kier molecular flexibility index (Phi) is 2.97. The summed E-state index contributed by atoms with van der Waals surface area (Å²) in [5.41, 5.74) is 7.35. The molecule has 0 amide bonds. The summed E-state index contributed by atoms with van der Waals surface area (Å²) in [6.07, 6.45) is 4.84. The molecule has 0 aliphatic carbocycles. The molecule has 108 valence electrons. The van der Waals surface area contributed by atoms with E-state index in [9.17, 15) is 4.79 Å². The summed E-state index contributed by atoms with van der Waals surface area (Å²) >= 11 is 0. The number of benzene rings is 2. The van der Waals surface area contributed by atoms with Gasteiger partial charge >= 0.3 is 0 Å². The first-order valence-corrected chi connectivity index (χ1v) is 7.60. The number of Topliss-reactive ketones (excluding diaryl/α,β-unsaturated/α-hetero) is 1. The highest BCUT2D eigenvalue weighted by Gasteiger charge is 2.27. The molecule has 2 aliphatic rings. The van der Waals surface area contributed by atoms with Crippen LogP contribution in [0, 0.1) is 0 Å². The zero-order chi connectivity index (χ0) is 15.1. The van der Waals surface area contributed by atoms with E-state index in [1.807, 2.05) is 0 Å². The third kappa shape index (κ3) is 2.00. The fourth-order valence-electron chi connectivity index (χ4n) is 3.36. The molecule has 2 heterocycles. The van der Waals surface area contributed by atoms with Gasteiger partial charge in [-0.2, -0.15) is 0 Å². The van der Waals surface area contributed by atoms with Gasteiger partial charge in [-0.3, -0.25) is 4.79 Å². The van der Waals surface area contributed by atoms with Gasteiger partial charge in [0.05, 0.1) is 0 Å². The summed E-state index contributed by atoms with van der Waals surface area (Å²) < 4.78 is 0. The second kappa shape index (κ2) is 4.99. The number of ketones is 1. The lowest BCUT2D eigenvalue weighted by Crippen LogP contribution is -2.28. The van der Waals surface area contributed by atoms with Crippen LogP contribution in [-0.2, 0) is 4.79 Å². The van der Waals surface area contributed by atoms with Crippen LogP contribution in [0.25, 0.3) is 16.8 Å². The van der Waals surface area contributed by atoms with Crippen molar-refractivity contribution in [3.63, 3.8) is 0 Å². The number of fused-ring (bicyclic) bond motifs is 6. The fraction of sp³-hybridized carbons (Fsp3) is 0.150. The number of anilines is 1. The predicted octanol–water partition coefficient (Wildman–Crippen LogP) is 4.43. The Labute approximate surface area is 130 Å². The number of hydrogen-bond acceptors (Lipinski definition) is 2. The molecule has 2 aliphatic heterocycles. The van der Waals surface area contributed by atoms with Gasteiger partial charge in [0.15, 0.2) is 0 Å². The molecule has 0 radical (unpaired) electrons. The minimum Gasteiger partial charge on any atom is -0.337 e. The van der Waals surface area contributed by atoms with Crippen molar-refractivity contribution in [2.45, 2.75) is 13.3 Å². The summed E-state index contributed by atoms with van der Waals surface area (Å²) in [4.78, 5) is 13.8. The van der Waals surface area contributed by atoms with Gasteiger partial charge in [0.1, 0.15) is 5.78 Å². The first-order valence-electron chi connectivity index (χ1n) is 7.60. The van der Waals surface area contributed by atoms with Crippen LogP contribution in [0.15, 0.2) is 66.3 Å². The maximum absolute atomic E-state index is 11.4. The van der Waals surface area contributed by atoms with Gasteiger partial charge in [0, 0.05) is 35.5 Å². The molecule has 0 saturated heterocycles. The van der Waals surface area contributed by atoms with Crippen molar-refractivity contribution in [3.05, 3.63) is 71.8 Å². The zero-order valence-electron chi connectivity index (χ0n) is 12.5. The Balaban J connectivity index is 1.90. The summed E-state index contributed by atoms with van der Waals surface area (Å²) in [5.74, 6) is 0.209. The quantitative estimate of drug-likeness (QED) is 0.814. The van der Waals surface area contributed by atoms with E-state index in [1.165, 1.54) is 28.1 Å². The van der Waals surface area contributed by atoms with Crippen LogP contribution in [0.4, 0.5) is 5.69 Å². The van der Waals surface area contributed by atoms with E-state index in [4.69, 9.17) is 0 Å². The molecule has 0 atom stereocenters. The summed E-state index contributed by atoms with van der Waals surface area (Å²) in [6.45, 7) is 2.47. The molecular formula is C20H17NO. The van der Waals surface area contributed by atoms with Crippen molar-refractivity contribution in [1.82, 2.24) is 0 Å². The molecule has 2 nitrogen and oxygen atoms in total. The van der Waals surface area contributed by atoms with E-state index < -0.39 is 0 Å². The van der Waals surface area contributed by atoms with Gasteiger partial charge in [-0.1, -0.05) is 48.5 Å². The standard InChI is InChI=1S/C20H17NO/c1-14(22)12-15-10-11-21-19-9-5-4-7-17(19)16-6-2-3-8-18(16)20(21)13-15/h2-10,13H,11-12H2,1H3. The Morgan fingerprint density at radius 2 is 1.68 bits per heavy atom. The van der Waals surface area contributed by atoms with Crippen molar-refractivity contribution in [3.8, 4) is 11.1 Å². The molecule has 0 bridgehead atoms. The third-order valence-corrected chi connectivity index (χ3v) is 4.29. The average molecular weight is 287 g/mol. The number of hydrogen-bond donors (Lipinski definition) is 0. The highest BCUT2D eigenvalue weighted by molar-refractivity contribution is 6.00. The predicted molar refractivity (Wildman–Crippen MR) is 90.6 cm³/mol. The van der Waals surface area contributed by atoms with Gasteiger partial charge in [0.25, 0.3) is 0 Å². The van der Waals surface area contributed by atoms with Crippen LogP contribution >= 0.6 is 0 Å². The van der Waals surface area contributed by atoms with Crippen LogP contribution in [0.1, 0.15) is 18.9 Å². The van der Waals surface area contributed by atoms with Gasteiger partial charge in [0.2, 0.25) is 0 Å². The Hall–Kier alpha value is -2.61. The molecule has 0 aromatic heterocycles. The monoisotopic (exact) mass is 287 g/mol. The number of nitrogens with zero attached hydrogens (tertiary/aromatic N) is 1. The fourth-order valence-corrected chi connectivity index (χ4v) is 3.36. The van der Waals surface area contributed by atoms with E-state index in [0.29, 0.717) is 6.42 Å². The van der Waals surface area contributed by atoms with Gasteiger partial charge < -0.3 is 4.90 Å². The summed E-state index contributed by atoms with van der Waals surface area (Å²) in [5, 5.41) is 0. The molecule has 2 heteroatoms. The van der Waals surface area contributed by atoms with Crippen molar-refractivity contribution in [2.24, 2.45) is 0 Å². The Bertz CT molecular complexity index is 829. The molecule has 2 aromatic rings. The first-order chi connectivity index (χ1) is 10.7. The second-order valence-corrected chi connectivity index (χ2v) is 5.86. The topological polar surface area (TPSA) is 20.3 Å². The number of rotatable bonds is 2. The molecule has 0 saturated carbocycles. The first kappa shape index (κ1) is 13.1. The zero-order valence-corrected chi connectivity index (χ0v) is 12.5. The molecule has 0 unspecified atom stereocenters. The van der Waals surface area contributed by atoms with Gasteiger partial charge in [-0.25, -0.2) is 0 Å². The average Bonchev–Trinajstić information content (AvgIpc) is 2.54. The molecule has 4 rings (SSSR count). The normalized spacial score (nSPS) is 15.2. The van der Waals surface area contributed by atoms with Crippen LogP contribution in [-0.4, -0.2) is 12.3 Å². The minimum atomic E-state index is 0.209. The molecular weight excluding hydrogens is 270 g/mol. The summed E-state index contributed by atoms with van der Waals surface area (Å²) in [7, 11) is 0. The highest BCUT2D eigenvalue weighted by Crippen LogP contribution is 2.45. The van der Waals surface area contributed by atoms with E-state index >= 15 is 0 Å². The maximum atomic E-state index is 11.4. The van der Waals surface area contributed by atoms with Crippen LogP contribution in [0.5, 0.6) is 0 Å². The molecule has 0 fully saturated rings. The SMILES string of the molecule is CC(=O)CC1=CCN2C(=C1)c1ccccc1-c1ccccc12.